The maximum Gasteiger partial charge on any atom is 0.0561 e. The zero-order valence-electron chi connectivity index (χ0n) is 30.0. The summed E-state index contributed by atoms with van der Waals surface area (Å²) in [6.07, 6.45) is 0. The van der Waals surface area contributed by atoms with Gasteiger partial charge in [0.25, 0.3) is 0 Å². The maximum absolute atomic E-state index is 2.45. The van der Waals surface area contributed by atoms with Gasteiger partial charge >= 0.3 is 0 Å². The molecule has 55 heavy (non-hydrogen) atoms. The Kier molecular flexibility index (Phi) is 7.17. The first-order chi connectivity index (χ1) is 27.3. The molecule has 0 aliphatic carbocycles. The smallest absolute Gasteiger partial charge is 0.0561 e. The van der Waals surface area contributed by atoms with Gasteiger partial charge in [-0.05, 0) is 71.6 Å². The first-order valence-electron chi connectivity index (χ1n) is 18.9. The summed E-state index contributed by atoms with van der Waals surface area (Å²) in [5.74, 6) is 0. The van der Waals surface area contributed by atoms with E-state index in [1.165, 1.54) is 60.0 Å². The molecule has 0 atom stereocenters. The third kappa shape index (κ3) is 4.98. The van der Waals surface area contributed by atoms with Crippen LogP contribution in [0.3, 0.4) is 0 Å². The molecule has 0 bridgehead atoms. The minimum Gasteiger partial charge on any atom is -0.309 e. The van der Waals surface area contributed by atoms with Gasteiger partial charge in [-0.2, -0.15) is 0 Å². The molecule has 11 rings (SSSR count). The first kappa shape index (κ1) is 31.2. The zero-order chi connectivity index (χ0) is 36.3. The number of benzene rings is 9. The van der Waals surface area contributed by atoms with E-state index in [2.05, 4.69) is 226 Å². The lowest BCUT2D eigenvalue weighted by Gasteiger charge is -2.29. The molecule has 258 valence electrons. The molecule has 0 fully saturated rings. The summed E-state index contributed by atoms with van der Waals surface area (Å²) < 4.78 is 4.85. The van der Waals surface area contributed by atoms with Gasteiger partial charge in [-0.15, -0.1) is 0 Å². The van der Waals surface area contributed by atoms with Crippen LogP contribution in [0.15, 0.2) is 212 Å². The van der Waals surface area contributed by atoms with Crippen LogP contribution in [0, 0.1) is 0 Å². The van der Waals surface area contributed by atoms with Crippen LogP contribution in [0.1, 0.15) is 0 Å². The highest BCUT2D eigenvalue weighted by Crippen LogP contribution is 2.45. The van der Waals surface area contributed by atoms with E-state index in [0.717, 1.165) is 34.0 Å². The largest absolute Gasteiger partial charge is 0.309 e. The van der Waals surface area contributed by atoms with Gasteiger partial charge in [-0.1, -0.05) is 152 Å². The van der Waals surface area contributed by atoms with Crippen LogP contribution in [0.5, 0.6) is 0 Å². The highest BCUT2D eigenvalue weighted by Gasteiger charge is 2.22. The molecule has 0 amide bonds. The number of anilines is 3. The van der Waals surface area contributed by atoms with Crippen molar-refractivity contribution in [2.45, 2.75) is 0 Å². The Hall–Kier alpha value is -7.36. The van der Waals surface area contributed by atoms with Crippen molar-refractivity contribution in [3.8, 4) is 22.5 Å². The second-order valence-corrected chi connectivity index (χ2v) is 14.2. The molecule has 0 spiro atoms. The van der Waals surface area contributed by atoms with E-state index < -0.39 is 0 Å². The third-order valence-electron chi connectivity index (χ3n) is 11.1. The number of nitrogens with zero attached hydrogens (tertiary/aromatic N) is 3. The van der Waals surface area contributed by atoms with Crippen molar-refractivity contribution in [2.75, 3.05) is 4.90 Å². The summed E-state index contributed by atoms with van der Waals surface area (Å²) in [7, 11) is 0. The quantitative estimate of drug-likeness (QED) is 0.168. The summed E-state index contributed by atoms with van der Waals surface area (Å²) in [5.41, 5.74) is 12.7. The molecule has 0 N–H and O–H groups in total. The fourth-order valence-corrected chi connectivity index (χ4v) is 8.67. The van der Waals surface area contributed by atoms with Crippen LogP contribution in [0.25, 0.3) is 76.9 Å². The van der Waals surface area contributed by atoms with E-state index in [1.807, 2.05) is 0 Å². The second-order valence-electron chi connectivity index (χ2n) is 14.2. The molecule has 9 aromatic carbocycles. The molecule has 0 aliphatic heterocycles. The van der Waals surface area contributed by atoms with Crippen LogP contribution < -0.4 is 4.90 Å². The molecule has 0 unspecified atom stereocenters. The van der Waals surface area contributed by atoms with Crippen LogP contribution >= 0.6 is 0 Å². The van der Waals surface area contributed by atoms with E-state index in [9.17, 15) is 0 Å². The molecule has 0 saturated heterocycles. The standard InChI is InChI=1S/C52H35N3/c1-3-16-36(17-4-1)41-23-9-12-26-47(41)54(48-29-15-19-37-18-7-8-22-42(37)48)39-30-32-45-46-33-31-40(35-52(46)53(51(45)34-39)38-20-5-2-6-21-38)55-49-27-13-10-24-43(49)44-25-11-14-28-50(44)55/h1-35H. The average molecular weight is 702 g/mol. The van der Waals surface area contributed by atoms with Crippen molar-refractivity contribution in [2.24, 2.45) is 0 Å². The Morgan fingerprint density at radius 1 is 0.309 bits per heavy atom. The lowest BCUT2D eigenvalue weighted by atomic mass is 10.0. The molecule has 2 heterocycles. The van der Waals surface area contributed by atoms with E-state index in [0.29, 0.717) is 0 Å². The fourth-order valence-electron chi connectivity index (χ4n) is 8.67. The van der Waals surface area contributed by atoms with Gasteiger partial charge in [0, 0.05) is 49.6 Å². The lowest BCUT2D eigenvalue weighted by Crippen LogP contribution is -2.12. The number of hydrogen-bond donors (Lipinski definition) is 0. The molecule has 2 aromatic heterocycles. The van der Waals surface area contributed by atoms with Gasteiger partial charge in [0.1, 0.15) is 0 Å². The minimum atomic E-state index is 1.09. The average Bonchev–Trinajstić information content (AvgIpc) is 3.77. The van der Waals surface area contributed by atoms with Crippen LogP contribution in [-0.4, -0.2) is 9.13 Å². The van der Waals surface area contributed by atoms with Gasteiger partial charge in [0.15, 0.2) is 0 Å². The van der Waals surface area contributed by atoms with Crippen molar-refractivity contribution in [3.63, 3.8) is 0 Å². The first-order valence-corrected chi connectivity index (χ1v) is 18.9. The van der Waals surface area contributed by atoms with Crippen molar-refractivity contribution < 1.29 is 0 Å². The number of fused-ring (bicyclic) bond motifs is 7. The summed E-state index contributed by atoms with van der Waals surface area (Å²) in [4.78, 5) is 2.45. The number of rotatable bonds is 6. The van der Waals surface area contributed by atoms with E-state index in [4.69, 9.17) is 0 Å². The Morgan fingerprint density at radius 3 is 1.60 bits per heavy atom. The molecule has 11 aromatic rings. The van der Waals surface area contributed by atoms with E-state index in [1.54, 1.807) is 0 Å². The number of aromatic nitrogens is 2. The third-order valence-corrected chi connectivity index (χ3v) is 11.1. The SMILES string of the molecule is c1ccc(-c2ccccc2N(c2ccc3c4ccc(-n5c6ccccc6c6ccccc65)cc4n(-c4ccccc4)c3c2)c2cccc3ccccc23)cc1. The second kappa shape index (κ2) is 12.6. The monoisotopic (exact) mass is 701 g/mol. The van der Waals surface area contributed by atoms with Crippen molar-refractivity contribution >= 4 is 71.4 Å². The Labute approximate surface area is 319 Å². The van der Waals surface area contributed by atoms with Gasteiger partial charge < -0.3 is 14.0 Å². The molecular weight excluding hydrogens is 667 g/mol. The summed E-state index contributed by atoms with van der Waals surface area (Å²) in [5, 5.41) is 7.36. The summed E-state index contributed by atoms with van der Waals surface area (Å²) in [6.45, 7) is 0. The van der Waals surface area contributed by atoms with Crippen molar-refractivity contribution in [3.05, 3.63) is 212 Å². The Bertz CT molecular complexity index is 3150. The highest BCUT2D eigenvalue weighted by molar-refractivity contribution is 6.13. The normalized spacial score (nSPS) is 11.6. The molecule has 3 heteroatoms. The van der Waals surface area contributed by atoms with Gasteiger partial charge in [-0.3, -0.25) is 0 Å². The summed E-state index contributed by atoms with van der Waals surface area (Å²) >= 11 is 0. The van der Waals surface area contributed by atoms with Crippen LogP contribution in [0.2, 0.25) is 0 Å². The minimum absolute atomic E-state index is 1.09. The molecule has 0 radical (unpaired) electrons. The number of para-hydroxylation sites is 4. The summed E-state index contributed by atoms with van der Waals surface area (Å²) in [6, 6.07) is 77.0. The predicted molar refractivity (Wildman–Crippen MR) is 233 cm³/mol. The Morgan fingerprint density at radius 2 is 0.836 bits per heavy atom. The van der Waals surface area contributed by atoms with Crippen molar-refractivity contribution in [1.82, 2.24) is 9.13 Å². The highest BCUT2D eigenvalue weighted by atomic mass is 15.1. The lowest BCUT2D eigenvalue weighted by molar-refractivity contribution is 1.15. The van der Waals surface area contributed by atoms with E-state index in [-0.39, 0.29) is 0 Å². The topological polar surface area (TPSA) is 13.1 Å². The molecular formula is C52H35N3. The van der Waals surface area contributed by atoms with Gasteiger partial charge in [0.05, 0.1) is 33.4 Å². The fraction of sp³-hybridized carbons (Fsp3) is 0. The molecule has 3 nitrogen and oxygen atoms in total. The predicted octanol–water partition coefficient (Wildman–Crippen LogP) is 14.2. The van der Waals surface area contributed by atoms with Gasteiger partial charge in [0.2, 0.25) is 0 Å². The van der Waals surface area contributed by atoms with E-state index >= 15 is 0 Å². The molecule has 0 saturated carbocycles. The maximum atomic E-state index is 2.45. The van der Waals surface area contributed by atoms with Crippen LogP contribution in [-0.2, 0) is 0 Å². The zero-order valence-corrected chi connectivity index (χ0v) is 30.0. The van der Waals surface area contributed by atoms with Crippen molar-refractivity contribution in [1.29, 1.82) is 0 Å². The van der Waals surface area contributed by atoms with Crippen LogP contribution in [0.4, 0.5) is 17.1 Å². The Balaban J connectivity index is 1.20. The van der Waals surface area contributed by atoms with Gasteiger partial charge in [-0.25, -0.2) is 0 Å². The number of hydrogen-bond acceptors (Lipinski definition) is 1. The molecule has 0 aliphatic rings.